The fourth-order valence-corrected chi connectivity index (χ4v) is 1.68. The summed E-state index contributed by atoms with van der Waals surface area (Å²) >= 11 is 5.84. The predicted octanol–water partition coefficient (Wildman–Crippen LogP) is 3.17. The van der Waals surface area contributed by atoms with Crippen LogP contribution in [-0.4, -0.2) is 22.5 Å². The summed E-state index contributed by atoms with van der Waals surface area (Å²) in [6.45, 7) is 2.63. The molecule has 0 bridgehead atoms. The second-order valence-corrected chi connectivity index (χ2v) is 4.38. The first kappa shape index (κ1) is 14.3. The quantitative estimate of drug-likeness (QED) is 0.919. The molecule has 0 aliphatic carbocycles. The van der Waals surface area contributed by atoms with Crippen molar-refractivity contribution in [3.63, 3.8) is 0 Å². The number of hydrogen-bond donors (Lipinski definition) is 1. The zero-order valence-electron chi connectivity index (χ0n) is 11.0. The average molecular weight is 292 g/mol. The van der Waals surface area contributed by atoms with Crippen molar-refractivity contribution in [2.24, 2.45) is 0 Å². The lowest BCUT2D eigenvalue weighted by atomic mass is 10.2. The molecule has 0 atom stereocenters. The fourth-order valence-electron chi connectivity index (χ4n) is 1.53. The topological polar surface area (TPSA) is 64.1 Å². The molecule has 1 amide bonds. The van der Waals surface area contributed by atoms with E-state index in [-0.39, 0.29) is 16.9 Å². The first-order chi connectivity index (χ1) is 9.70. The van der Waals surface area contributed by atoms with Gasteiger partial charge in [0, 0.05) is 18.0 Å². The van der Waals surface area contributed by atoms with Gasteiger partial charge in [-0.15, -0.1) is 0 Å². The highest BCUT2D eigenvalue weighted by Crippen LogP contribution is 2.18. The van der Waals surface area contributed by atoms with Crippen molar-refractivity contribution in [3.8, 4) is 5.75 Å². The maximum absolute atomic E-state index is 12.1. The van der Waals surface area contributed by atoms with Crippen molar-refractivity contribution < 1.29 is 9.53 Å². The van der Waals surface area contributed by atoms with E-state index in [1.54, 1.807) is 18.2 Å². The van der Waals surface area contributed by atoms with Crippen LogP contribution in [0.4, 0.5) is 5.82 Å². The molecule has 5 nitrogen and oxygen atoms in total. The number of rotatable bonds is 5. The number of anilines is 1. The van der Waals surface area contributed by atoms with Crippen LogP contribution in [0.3, 0.4) is 0 Å². The van der Waals surface area contributed by atoms with Gasteiger partial charge in [-0.1, -0.05) is 24.6 Å². The number of nitrogens with one attached hydrogen (secondary N) is 1. The van der Waals surface area contributed by atoms with E-state index >= 15 is 0 Å². The molecule has 2 aromatic rings. The zero-order chi connectivity index (χ0) is 14.4. The Bertz CT molecular complexity index is 604. The van der Waals surface area contributed by atoms with Gasteiger partial charge in [0.25, 0.3) is 5.91 Å². The first-order valence-electron chi connectivity index (χ1n) is 6.21. The second-order valence-electron chi connectivity index (χ2n) is 4.03. The predicted molar refractivity (Wildman–Crippen MR) is 77.2 cm³/mol. The summed E-state index contributed by atoms with van der Waals surface area (Å²) in [5, 5.41) is 2.76. The highest BCUT2D eigenvalue weighted by atomic mass is 35.5. The van der Waals surface area contributed by atoms with Crippen molar-refractivity contribution >= 4 is 23.3 Å². The third-order valence-corrected chi connectivity index (χ3v) is 2.73. The summed E-state index contributed by atoms with van der Waals surface area (Å²) in [6, 6.07) is 6.94. The largest absolute Gasteiger partial charge is 0.494 e. The van der Waals surface area contributed by atoms with E-state index in [1.165, 1.54) is 12.4 Å². The van der Waals surface area contributed by atoms with Crippen LogP contribution >= 0.6 is 11.6 Å². The number of nitrogens with zero attached hydrogens (tertiary/aromatic N) is 2. The van der Waals surface area contributed by atoms with Gasteiger partial charge in [-0.2, -0.15) is 0 Å². The highest BCUT2D eigenvalue weighted by molar-refractivity contribution is 6.32. The van der Waals surface area contributed by atoms with E-state index in [0.717, 1.165) is 6.42 Å². The van der Waals surface area contributed by atoms with Gasteiger partial charge in [-0.25, -0.2) is 9.97 Å². The van der Waals surface area contributed by atoms with Crippen LogP contribution in [0.2, 0.25) is 5.15 Å². The van der Waals surface area contributed by atoms with Gasteiger partial charge in [0.15, 0.2) is 11.0 Å². The molecule has 2 rings (SSSR count). The molecule has 0 aliphatic rings. The van der Waals surface area contributed by atoms with E-state index in [1.807, 2.05) is 13.0 Å². The summed E-state index contributed by atoms with van der Waals surface area (Å²) < 4.78 is 5.49. The fraction of sp³-hybridized carbons (Fsp3) is 0.214. The molecule has 0 saturated heterocycles. The summed E-state index contributed by atoms with van der Waals surface area (Å²) in [5.41, 5.74) is 0.473. The minimum absolute atomic E-state index is 0.152. The maximum atomic E-state index is 12.1. The smallest absolute Gasteiger partial charge is 0.257 e. The number of carbonyl (C=O) groups excluding carboxylic acids is 1. The molecule has 1 aromatic carbocycles. The minimum atomic E-state index is -0.311. The van der Waals surface area contributed by atoms with Crippen LogP contribution in [0.25, 0.3) is 0 Å². The Morgan fingerprint density at radius 1 is 1.35 bits per heavy atom. The third kappa shape index (κ3) is 3.68. The standard InChI is InChI=1S/C14H14ClN3O2/c1-2-8-20-11-5-3-4-10(9-11)14(19)18-13-12(15)16-6-7-17-13/h3-7,9H,2,8H2,1H3,(H,17,18,19). The van der Waals surface area contributed by atoms with Crippen molar-refractivity contribution in [1.29, 1.82) is 0 Å². The number of hydrogen-bond acceptors (Lipinski definition) is 4. The van der Waals surface area contributed by atoms with Crippen molar-refractivity contribution in [2.75, 3.05) is 11.9 Å². The molecule has 0 aliphatic heterocycles. The number of halogens is 1. The molecule has 1 heterocycles. The van der Waals surface area contributed by atoms with Gasteiger partial charge in [-0.05, 0) is 24.6 Å². The van der Waals surface area contributed by atoms with E-state index in [4.69, 9.17) is 16.3 Å². The van der Waals surface area contributed by atoms with Crippen molar-refractivity contribution in [3.05, 3.63) is 47.4 Å². The molecule has 0 fully saturated rings. The normalized spacial score (nSPS) is 10.1. The summed E-state index contributed by atoms with van der Waals surface area (Å²) in [4.78, 5) is 19.9. The van der Waals surface area contributed by atoms with Crippen LogP contribution in [-0.2, 0) is 0 Å². The third-order valence-electron chi connectivity index (χ3n) is 2.45. The first-order valence-corrected chi connectivity index (χ1v) is 6.59. The van der Waals surface area contributed by atoms with Crippen molar-refractivity contribution in [1.82, 2.24) is 9.97 Å². The molecule has 0 unspecified atom stereocenters. The molecule has 0 saturated carbocycles. The summed E-state index contributed by atoms with van der Waals surface area (Å²) in [5.74, 6) is 0.582. The Kier molecular flexibility index (Phi) is 4.90. The van der Waals surface area contributed by atoms with E-state index < -0.39 is 0 Å². The van der Waals surface area contributed by atoms with Crippen LogP contribution in [0.5, 0.6) is 5.75 Å². The lowest BCUT2D eigenvalue weighted by Gasteiger charge is -2.08. The SMILES string of the molecule is CCCOc1cccc(C(=O)Nc2nccnc2Cl)c1. The van der Waals surface area contributed by atoms with Crippen LogP contribution in [0.1, 0.15) is 23.7 Å². The van der Waals surface area contributed by atoms with Gasteiger partial charge in [0.1, 0.15) is 5.75 Å². The van der Waals surface area contributed by atoms with E-state index in [9.17, 15) is 4.79 Å². The monoisotopic (exact) mass is 291 g/mol. The molecule has 104 valence electrons. The van der Waals surface area contributed by atoms with Gasteiger partial charge in [0.05, 0.1) is 6.61 Å². The minimum Gasteiger partial charge on any atom is -0.494 e. The van der Waals surface area contributed by atoms with Gasteiger partial charge in [-0.3, -0.25) is 4.79 Å². The molecular formula is C14H14ClN3O2. The van der Waals surface area contributed by atoms with E-state index in [2.05, 4.69) is 15.3 Å². The van der Waals surface area contributed by atoms with Crippen LogP contribution in [0, 0.1) is 0 Å². The number of carbonyl (C=O) groups is 1. The molecule has 20 heavy (non-hydrogen) atoms. The highest BCUT2D eigenvalue weighted by Gasteiger charge is 2.10. The Hall–Kier alpha value is -2.14. The Balaban J connectivity index is 2.11. The maximum Gasteiger partial charge on any atom is 0.257 e. The molecule has 1 N–H and O–H groups in total. The number of aromatic nitrogens is 2. The summed E-state index contributed by atoms with van der Waals surface area (Å²) in [7, 11) is 0. The van der Waals surface area contributed by atoms with Crippen molar-refractivity contribution in [2.45, 2.75) is 13.3 Å². The van der Waals surface area contributed by atoms with E-state index in [0.29, 0.717) is 17.9 Å². The lowest BCUT2D eigenvalue weighted by molar-refractivity contribution is 0.102. The molecular weight excluding hydrogens is 278 g/mol. The second kappa shape index (κ2) is 6.86. The molecule has 6 heteroatoms. The Morgan fingerprint density at radius 2 is 2.15 bits per heavy atom. The Morgan fingerprint density at radius 3 is 2.90 bits per heavy atom. The number of ether oxygens (including phenoxy) is 1. The molecule has 1 aromatic heterocycles. The Labute approximate surface area is 122 Å². The zero-order valence-corrected chi connectivity index (χ0v) is 11.7. The summed E-state index contributed by atoms with van der Waals surface area (Å²) in [6.07, 6.45) is 3.82. The van der Waals surface area contributed by atoms with Gasteiger partial charge in [0.2, 0.25) is 0 Å². The lowest BCUT2D eigenvalue weighted by Crippen LogP contribution is -2.13. The molecule has 0 spiro atoms. The number of benzene rings is 1. The van der Waals surface area contributed by atoms with Gasteiger partial charge < -0.3 is 10.1 Å². The average Bonchev–Trinajstić information content (AvgIpc) is 2.48. The molecule has 0 radical (unpaired) electrons. The van der Waals surface area contributed by atoms with Crippen LogP contribution < -0.4 is 10.1 Å². The number of amides is 1. The van der Waals surface area contributed by atoms with Crippen LogP contribution in [0.15, 0.2) is 36.7 Å². The van der Waals surface area contributed by atoms with Gasteiger partial charge >= 0.3 is 0 Å².